The second-order valence-corrected chi connectivity index (χ2v) is 20.3. The number of ether oxygens (including phenoxy) is 2. The third-order valence-electron chi connectivity index (χ3n) is 12.0. The Hall–Kier alpha value is -3.92. The minimum atomic E-state index is -5.07. The molecule has 21 N–H and O–H groups in total. The number of carbonyl (C=O) groups is 7. The normalized spacial score (nSPS) is 11.9. The van der Waals surface area contributed by atoms with Gasteiger partial charge in [-0.1, -0.05) is 168 Å². The molecule has 0 aromatic rings. The number of rotatable bonds is 54. The summed E-state index contributed by atoms with van der Waals surface area (Å²) in [4.78, 5) is 98.9. The lowest BCUT2D eigenvalue weighted by atomic mass is 10.0. The fourth-order valence-electron chi connectivity index (χ4n) is 8.01. The molecule has 0 aliphatic rings. The molecule has 27 heteroatoms. The van der Waals surface area contributed by atoms with Crippen molar-refractivity contribution in [3.05, 3.63) is 0 Å². The third-order valence-corrected chi connectivity index (χ3v) is 13.0. The number of amides is 1. The van der Waals surface area contributed by atoms with E-state index >= 15 is 0 Å². The Balaban J connectivity index is -0.00000259. The molecular weight excluding hydrogens is 1040 g/mol. The molecule has 1 unspecified atom stereocenters. The number of esters is 2. The molecule has 0 fully saturated rings. The summed E-state index contributed by atoms with van der Waals surface area (Å²) in [5.41, 5.74) is 0. The van der Waals surface area contributed by atoms with Gasteiger partial charge in [-0.3, -0.25) is 33.6 Å². The maximum Gasteiger partial charge on any atom is 0.306 e. The molecule has 0 heterocycles. The van der Waals surface area contributed by atoms with Crippen molar-refractivity contribution in [2.45, 2.75) is 200 Å². The Morgan fingerprint density at radius 1 is 0.436 bits per heavy atom. The van der Waals surface area contributed by atoms with Gasteiger partial charge in [-0.15, -0.1) is 0 Å². The van der Waals surface area contributed by atoms with E-state index in [9.17, 15) is 63.4 Å². The van der Waals surface area contributed by atoms with Crippen LogP contribution in [0.15, 0.2) is 0 Å². The molecule has 26 nitrogen and oxygen atoms in total. The first-order valence-corrected chi connectivity index (χ1v) is 28.6. The minimum Gasteiger partial charge on any atom is -0.756 e. The molecule has 0 aromatic carbocycles. The van der Waals surface area contributed by atoms with Crippen LogP contribution in [-0.4, -0.2) is 148 Å². The second kappa shape index (κ2) is 57.8. The summed E-state index contributed by atoms with van der Waals surface area (Å²) in [7, 11) is -5.07. The number of unbranched alkanes of at least 4 members (excludes halogenated alkanes) is 24. The number of carbonyl (C=O) groups excluding carboxylic acids is 7. The molecule has 466 valence electrons. The molecule has 2 atom stereocenters. The van der Waals surface area contributed by atoms with Crippen LogP contribution in [0.5, 0.6) is 0 Å². The van der Waals surface area contributed by atoms with Crippen LogP contribution in [0.25, 0.3) is 0 Å². The van der Waals surface area contributed by atoms with E-state index in [0.717, 1.165) is 61.2 Å². The van der Waals surface area contributed by atoms with Gasteiger partial charge < -0.3 is 99.1 Å². The number of nitrogens with zero attached hydrogens (tertiary/aromatic N) is 3. The minimum absolute atomic E-state index is 0. The SMILES string of the molecule is CCCCCCCCCCCCCCCC(=O)OC[C@H](COP(=O)([O-])OCCNC(=O)CN(CCN(CCN(CC(=O)[O-])CC(=O)[O-])CC(=O)[O-])CC(=O)[O-])OC(=O)CCCCCCCCCCCCCCC.[NH4+].[NH4+].[NH4+].[NH4+].[NH4+]. The number of phosphoric ester groups is 1. The molecule has 0 rings (SSSR count). The first-order chi connectivity index (χ1) is 35.0. The van der Waals surface area contributed by atoms with Crippen molar-refractivity contribution < 1.29 is 82.0 Å². The van der Waals surface area contributed by atoms with Crippen molar-refractivity contribution in [3.8, 4) is 0 Å². The molecule has 0 spiro atoms. The molecule has 0 aromatic heterocycles. The van der Waals surface area contributed by atoms with E-state index in [0.29, 0.717) is 12.8 Å². The maximum absolute atomic E-state index is 12.8. The Bertz CT molecular complexity index is 1540. The van der Waals surface area contributed by atoms with E-state index in [1.807, 2.05) is 0 Å². The Labute approximate surface area is 466 Å². The van der Waals surface area contributed by atoms with E-state index in [1.165, 1.54) is 108 Å². The van der Waals surface area contributed by atoms with Gasteiger partial charge in [0.25, 0.3) is 7.82 Å². The molecule has 78 heavy (non-hydrogen) atoms. The van der Waals surface area contributed by atoms with Crippen molar-refractivity contribution >= 4 is 49.5 Å². The lowest BCUT2D eigenvalue weighted by Gasteiger charge is -2.30. The van der Waals surface area contributed by atoms with Gasteiger partial charge >= 0.3 is 11.9 Å². The zero-order valence-corrected chi connectivity index (χ0v) is 50.2. The third kappa shape index (κ3) is 58.2. The van der Waals surface area contributed by atoms with Crippen molar-refractivity contribution in [1.29, 1.82) is 0 Å². The molecule has 0 aliphatic carbocycles. The van der Waals surface area contributed by atoms with E-state index in [-0.39, 0.29) is 76.3 Å². The molecule has 0 radical (unpaired) electrons. The first kappa shape index (κ1) is 85.4. The molecule has 0 aliphatic heterocycles. The molecule has 0 saturated carbocycles. The number of hydrogen-bond donors (Lipinski definition) is 6. The molecule has 0 bridgehead atoms. The zero-order valence-electron chi connectivity index (χ0n) is 49.3. The zero-order chi connectivity index (χ0) is 54.4. The number of quaternary nitrogens is 5. The monoisotopic (exact) mass is 1150 g/mol. The topological polar surface area (TPSA) is 493 Å². The van der Waals surface area contributed by atoms with Gasteiger partial charge in [-0.25, -0.2) is 0 Å². The van der Waals surface area contributed by atoms with Crippen LogP contribution in [0.2, 0.25) is 0 Å². The second-order valence-electron chi connectivity index (χ2n) is 18.9. The van der Waals surface area contributed by atoms with Crippen LogP contribution in [0.4, 0.5) is 0 Å². The summed E-state index contributed by atoms with van der Waals surface area (Å²) >= 11 is 0. The smallest absolute Gasteiger partial charge is 0.306 e. The number of hydrogen-bond acceptors (Lipinski definition) is 20. The van der Waals surface area contributed by atoms with Crippen LogP contribution in [0, 0.1) is 0 Å². The van der Waals surface area contributed by atoms with Gasteiger partial charge in [0.2, 0.25) is 5.91 Å². The largest absolute Gasteiger partial charge is 0.756 e. The maximum atomic E-state index is 12.8. The van der Waals surface area contributed by atoms with Gasteiger partial charge in [-0.2, -0.15) is 0 Å². The van der Waals surface area contributed by atoms with E-state index in [2.05, 4.69) is 19.2 Å². The number of phosphoric acid groups is 1. The lowest BCUT2D eigenvalue weighted by molar-refractivity contribution is -0.311. The number of nitrogens with one attached hydrogen (secondary N) is 1. The predicted molar refractivity (Wildman–Crippen MR) is 293 cm³/mol. The van der Waals surface area contributed by atoms with Crippen molar-refractivity contribution in [2.24, 2.45) is 0 Å². The number of carboxylic acid groups (broad SMARTS) is 4. The highest BCUT2D eigenvalue weighted by Gasteiger charge is 2.22. The summed E-state index contributed by atoms with van der Waals surface area (Å²) in [6.07, 6.45) is 28.7. The fourth-order valence-corrected chi connectivity index (χ4v) is 8.74. The summed E-state index contributed by atoms with van der Waals surface area (Å²) < 4.78 is 33.5. The number of aliphatic carboxylic acids is 4. The van der Waals surface area contributed by atoms with Gasteiger partial charge in [0.05, 0.1) is 43.6 Å². The van der Waals surface area contributed by atoms with Crippen LogP contribution in [-0.2, 0) is 56.6 Å². The number of carboxylic acids is 4. The average Bonchev–Trinajstić information content (AvgIpc) is 3.31. The molecule has 1 amide bonds. The van der Waals surface area contributed by atoms with Crippen LogP contribution in [0.1, 0.15) is 194 Å². The highest BCUT2D eigenvalue weighted by molar-refractivity contribution is 7.45. The van der Waals surface area contributed by atoms with Crippen molar-refractivity contribution in [3.63, 3.8) is 0 Å². The van der Waals surface area contributed by atoms with Gasteiger partial charge in [0.15, 0.2) is 6.10 Å². The highest BCUT2D eigenvalue weighted by atomic mass is 31.2. The average molecular weight is 1150 g/mol. The van der Waals surface area contributed by atoms with E-state index in [1.54, 1.807) is 0 Å². The summed E-state index contributed by atoms with van der Waals surface area (Å²) in [5, 5.41) is 47.2. The Morgan fingerprint density at radius 2 is 0.756 bits per heavy atom. The summed E-state index contributed by atoms with van der Waals surface area (Å²) in [6, 6.07) is 0. The summed E-state index contributed by atoms with van der Waals surface area (Å²) in [6.45, 7) is -2.16. The quantitative estimate of drug-likeness (QED) is 0.0286. The Kier molecular flexibility index (Phi) is 63.2. The molecule has 0 saturated heterocycles. The van der Waals surface area contributed by atoms with Crippen LogP contribution >= 0.6 is 7.82 Å². The fraction of sp³-hybridized carbons (Fsp3) is 0.863. The Morgan fingerprint density at radius 3 is 1.13 bits per heavy atom. The first-order valence-electron chi connectivity index (χ1n) is 27.1. The van der Waals surface area contributed by atoms with Crippen molar-refractivity contribution in [1.82, 2.24) is 50.8 Å². The summed E-state index contributed by atoms with van der Waals surface area (Å²) in [5.74, 6) is -8.16. The van der Waals surface area contributed by atoms with Crippen LogP contribution < -0.4 is 61.4 Å². The van der Waals surface area contributed by atoms with E-state index < -0.39 is 108 Å². The molecular formula is C51H110N9O17P. The van der Waals surface area contributed by atoms with Crippen LogP contribution in [0.3, 0.4) is 0 Å². The lowest BCUT2D eigenvalue weighted by Crippen LogP contribution is -2.50. The van der Waals surface area contributed by atoms with Gasteiger partial charge in [0.1, 0.15) is 6.61 Å². The standard InChI is InChI=1S/C51H95N4O17P.5H3N/c1-3-5-7-9-11-13-15-17-19-21-23-25-27-29-50(65)69-42-44(72-51(66)30-28-26-24-22-20-18-16-14-12-10-8-6-4-2)43-71-73(67,68)70-36-31-52-45(56)37-54(39-47(59)60)34-32-53(38-46(57)58)33-35-55(40-48(61)62)41-49(63)64;;;;;/h44H,3-43H2,1-2H3,(H,52,56)(H,57,58)(H,59,60)(H,61,62)(H,63,64)(H,67,68);5*1H3/t44-;;;;;/m1...../s1. The predicted octanol–water partition coefficient (Wildman–Crippen LogP) is 3.81. The van der Waals surface area contributed by atoms with Crippen molar-refractivity contribution in [2.75, 3.05) is 85.3 Å². The highest BCUT2D eigenvalue weighted by Crippen LogP contribution is 2.38. The van der Waals surface area contributed by atoms with E-state index in [4.69, 9.17) is 18.5 Å². The van der Waals surface area contributed by atoms with Gasteiger partial charge in [0, 0.05) is 71.7 Å². The van der Waals surface area contributed by atoms with Gasteiger partial charge in [-0.05, 0) is 12.8 Å².